The van der Waals surface area contributed by atoms with Crippen LogP contribution in [0.3, 0.4) is 0 Å². The number of hydrogen-bond acceptors (Lipinski definition) is 2. The Labute approximate surface area is 96.0 Å². The Morgan fingerprint density at radius 1 is 1.38 bits per heavy atom. The van der Waals surface area contributed by atoms with Crippen LogP contribution in [0, 0.1) is 0 Å². The normalized spacial score (nSPS) is 21.2. The zero-order valence-electron chi connectivity index (χ0n) is 9.56. The molecule has 0 aromatic heterocycles. The van der Waals surface area contributed by atoms with Crippen LogP contribution in [0.1, 0.15) is 24.3 Å². The van der Waals surface area contributed by atoms with E-state index in [9.17, 15) is 4.79 Å². The SMILES string of the molecule is COCN1CCCC(c2ccccc2)C1=O. The molecule has 1 amide bonds. The Kier molecular flexibility index (Phi) is 3.57. The van der Waals surface area contributed by atoms with Crippen molar-refractivity contribution in [1.82, 2.24) is 4.90 Å². The molecule has 0 spiro atoms. The molecule has 0 aliphatic carbocycles. The molecule has 1 aromatic rings. The molecule has 1 unspecified atom stereocenters. The van der Waals surface area contributed by atoms with Gasteiger partial charge in [-0.15, -0.1) is 0 Å². The number of nitrogens with zero attached hydrogens (tertiary/aromatic N) is 1. The fraction of sp³-hybridized carbons (Fsp3) is 0.462. The molecular formula is C13H17NO2. The highest BCUT2D eigenvalue weighted by Crippen LogP contribution is 2.27. The van der Waals surface area contributed by atoms with Gasteiger partial charge in [0.2, 0.25) is 5.91 Å². The standard InChI is InChI=1S/C13H17NO2/c1-16-10-14-9-5-8-12(13(14)15)11-6-3-2-4-7-11/h2-4,6-7,12H,5,8-10H2,1H3. The lowest BCUT2D eigenvalue weighted by Gasteiger charge is -2.31. The highest BCUT2D eigenvalue weighted by molar-refractivity contribution is 5.84. The van der Waals surface area contributed by atoms with Gasteiger partial charge in [0.1, 0.15) is 6.73 Å². The predicted molar refractivity (Wildman–Crippen MR) is 62.0 cm³/mol. The van der Waals surface area contributed by atoms with E-state index in [4.69, 9.17) is 4.74 Å². The number of carbonyl (C=O) groups is 1. The summed E-state index contributed by atoms with van der Waals surface area (Å²) in [5, 5.41) is 0. The van der Waals surface area contributed by atoms with E-state index in [-0.39, 0.29) is 11.8 Å². The van der Waals surface area contributed by atoms with Gasteiger partial charge in [-0.2, -0.15) is 0 Å². The lowest BCUT2D eigenvalue weighted by Crippen LogP contribution is -2.41. The lowest BCUT2D eigenvalue weighted by molar-refractivity contribution is -0.140. The first-order chi connectivity index (χ1) is 7.83. The maximum atomic E-state index is 12.2. The van der Waals surface area contributed by atoms with E-state index >= 15 is 0 Å². The molecule has 1 heterocycles. The molecule has 3 heteroatoms. The zero-order chi connectivity index (χ0) is 11.4. The maximum absolute atomic E-state index is 12.2. The quantitative estimate of drug-likeness (QED) is 0.778. The van der Waals surface area contributed by atoms with Gasteiger partial charge in [0.05, 0.1) is 5.92 Å². The van der Waals surface area contributed by atoms with Crippen molar-refractivity contribution in [3.63, 3.8) is 0 Å². The van der Waals surface area contributed by atoms with Crippen molar-refractivity contribution in [3.8, 4) is 0 Å². The minimum absolute atomic E-state index is 0.0186. The molecule has 1 aliphatic heterocycles. The first kappa shape index (κ1) is 11.1. The molecule has 2 rings (SSSR count). The van der Waals surface area contributed by atoms with E-state index in [2.05, 4.69) is 0 Å². The second-order valence-corrected chi connectivity index (χ2v) is 4.12. The monoisotopic (exact) mass is 219 g/mol. The number of piperidine rings is 1. The minimum Gasteiger partial charge on any atom is -0.364 e. The molecule has 0 bridgehead atoms. The fourth-order valence-electron chi connectivity index (χ4n) is 2.22. The molecule has 0 N–H and O–H groups in total. The van der Waals surface area contributed by atoms with E-state index in [1.54, 1.807) is 12.0 Å². The molecule has 1 aliphatic rings. The summed E-state index contributed by atoms with van der Waals surface area (Å²) in [7, 11) is 1.62. The van der Waals surface area contributed by atoms with E-state index in [0.29, 0.717) is 6.73 Å². The second kappa shape index (κ2) is 5.12. The molecule has 86 valence electrons. The van der Waals surface area contributed by atoms with Gasteiger partial charge in [0.25, 0.3) is 0 Å². The van der Waals surface area contributed by atoms with Gasteiger partial charge in [-0.3, -0.25) is 4.79 Å². The lowest BCUT2D eigenvalue weighted by atomic mass is 9.90. The van der Waals surface area contributed by atoms with Crippen LogP contribution in [-0.2, 0) is 9.53 Å². The van der Waals surface area contributed by atoms with Crippen LogP contribution in [0.25, 0.3) is 0 Å². The number of benzene rings is 1. The van der Waals surface area contributed by atoms with Gasteiger partial charge in [0, 0.05) is 13.7 Å². The van der Waals surface area contributed by atoms with Crippen molar-refractivity contribution < 1.29 is 9.53 Å². The second-order valence-electron chi connectivity index (χ2n) is 4.12. The summed E-state index contributed by atoms with van der Waals surface area (Å²) in [5.74, 6) is 0.212. The average molecular weight is 219 g/mol. The van der Waals surface area contributed by atoms with Gasteiger partial charge in [0.15, 0.2) is 0 Å². The largest absolute Gasteiger partial charge is 0.364 e. The number of hydrogen-bond donors (Lipinski definition) is 0. The number of methoxy groups -OCH3 is 1. The van der Waals surface area contributed by atoms with Gasteiger partial charge < -0.3 is 9.64 Å². The number of likely N-dealkylation sites (tertiary alicyclic amines) is 1. The third kappa shape index (κ3) is 2.25. The van der Waals surface area contributed by atoms with Crippen LogP contribution in [0.2, 0.25) is 0 Å². The molecule has 16 heavy (non-hydrogen) atoms. The van der Waals surface area contributed by atoms with Crippen molar-refractivity contribution >= 4 is 5.91 Å². The molecule has 3 nitrogen and oxygen atoms in total. The van der Waals surface area contributed by atoms with Crippen LogP contribution in [-0.4, -0.2) is 31.2 Å². The molecular weight excluding hydrogens is 202 g/mol. The Morgan fingerprint density at radius 2 is 2.12 bits per heavy atom. The number of ether oxygens (including phenoxy) is 1. The maximum Gasteiger partial charge on any atom is 0.231 e. The fourth-order valence-corrected chi connectivity index (χ4v) is 2.22. The summed E-state index contributed by atoms with van der Waals surface area (Å²) >= 11 is 0. The molecule has 0 radical (unpaired) electrons. The topological polar surface area (TPSA) is 29.5 Å². The summed E-state index contributed by atoms with van der Waals surface area (Å²) in [6.45, 7) is 1.22. The summed E-state index contributed by atoms with van der Waals surface area (Å²) in [6, 6.07) is 10.00. The van der Waals surface area contributed by atoms with Gasteiger partial charge in [-0.05, 0) is 18.4 Å². The minimum atomic E-state index is 0.0186. The smallest absolute Gasteiger partial charge is 0.231 e. The third-order valence-corrected chi connectivity index (χ3v) is 3.02. The van der Waals surface area contributed by atoms with E-state index in [1.165, 1.54) is 0 Å². The third-order valence-electron chi connectivity index (χ3n) is 3.02. The summed E-state index contributed by atoms with van der Waals surface area (Å²) < 4.78 is 5.04. The molecule has 0 saturated carbocycles. The molecule has 1 fully saturated rings. The van der Waals surface area contributed by atoms with Crippen LogP contribution in [0.15, 0.2) is 30.3 Å². The van der Waals surface area contributed by atoms with Crippen molar-refractivity contribution in [2.75, 3.05) is 20.4 Å². The van der Waals surface area contributed by atoms with Crippen molar-refractivity contribution in [2.24, 2.45) is 0 Å². The predicted octanol–water partition coefficient (Wildman–Crippen LogP) is 2.00. The number of rotatable bonds is 3. The van der Waals surface area contributed by atoms with E-state index in [0.717, 1.165) is 24.9 Å². The van der Waals surface area contributed by atoms with Crippen LogP contribution < -0.4 is 0 Å². The van der Waals surface area contributed by atoms with Crippen molar-refractivity contribution in [3.05, 3.63) is 35.9 Å². The number of amides is 1. The number of carbonyl (C=O) groups excluding carboxylic acids is 1. The van der Waals surface area contributed by atoms with Crippen molar-refractivity contribution in [2.45, 2.75) is 18.8 Å². The van der Waals surface area contributed by atoms with Crippen molar-refractivity contribution in [1.29, 1.82) is 0 Å². The Bertz CT molecular complexity index is 348. The molecule has 1 saturated heterocycles. The zero-order valence-corrected chi connectivity index (χ0v) is 9.56. The van der Waals surface area contributed by atoms with Gasteiger partial charge in [-0.1, -0.05) is 30.3 Å². The van der Waals surface area contributed by atoms with E-state index < -0.39 is 0 Å². The van der Waals surface area contributed by atoms with Crippen LogP contribution in [0.4, 0.5) is 0 Å². The van der Waals surface area contributed by atoms with Gasteiger partial charge in [-0.25, -0.2) is 0 Å². The Hall–Kier alpha value is -1.35. The van der Waals surface area contributed by atoms with E-state index in [1.807, 2.05) is 30.3 Å². The molecule has 1 aromatic carbocycles. The first-order valence-corrected chi connectivity index (χ1v) is 5.65. The average Bonchev–Trinajstić information content (AvgIpc) is 2.33. The molecule has 1 atom stereocenters. The Balaban J connectivity index is 2.13. The summed E-state index contributed by atoms with van der Waals surface area (Å²) in [6.07, 6.45) is 2.00. The van der Waals surface area contributed by atoms with Crippen LogP contribution >= 0.6 is 0 Å². The van der Waals surface area contributed by atoms with Gasteiger partial charge >= 0.3 is 0 Å². The summed E-state index contributed by atoms with van der Waals surface area (Å²) in [4.78, 5) is 14.0. The first-order valence-electron chi connectivity index (χ1n) is 5.65. The highest BCUT2D eigenvalue weighted by Gasteiger charge is 2.29. The summed E-state index contributed by atoms with van der Waals surface area (Å²) in [5.41, 5.74) is 1.12. The van der Waals surface area contributed by atoms with Crippen LogP contribution in [0.5, 0.6) is 0 Å². The highest BCUT2D eigenvalue weighted by atomic mass is 16.5. The Morgan fingerprint density at radius 3 is 2.81 bits per heavy atom.